The first kappa shape index (κ1) is 19.2. The van der Waals surface area contributed by atoms with Gasteiger partial charge in [0, 0.05) is 12.6 Å². The Kier molecular flexibility index (Phi) is 6.06. The van der Waals surface area contributed by atoms with E-state index >= 15 is 0 Å². The highest BCUT2D eigenvalue weighted by Crippen LogP contribution is 2.21. The maximum atomic E-state index is 11.4. The lowest BCUT2D eigenvalue weighted by Gasteiger charge is -2.12. The lowest BCUT2D eigenvalue weighted by atomic mass is 10.1. The van der Waals surface area contributed by atoms with Crippen LogP contribution in [0.1, 0.15) is 21.7 Å². The largest absolute Gasteiger partial charge is 0.497 e. The minimum Gasteiger partial charge on any atom is -0.497 e. The number of nitrogens with one attached hydrogen (secondary N) is 2. The van der Waals surface area contributed by atoms with Gasteiger partial charge in [0.1, 0.15) is 23.2 Å². The van der Waals surface area contributed by atoms with Crippen LogP contribution in [0, 0.1) is 6.92 Å². The van der Waals surface area contributed by atoms with E-state index in [0.29, 0.717) is 29.7 Å². The fourth-order valence-corrected chi connectivity index (χ4v) is 2.77. The van der Waals surface area contributed by atoms with Crippen LogP contribution in [0.3, 0.4) is 0 Å². The normalized spacial score (nSPS) is 10.4. The predicted octanol–water partition coefficient (Wildman–Crippen LogP) is 3.89. The molecule has 3 rings (SSSR count). The summed E-state index contributed by atoms with van der Waals surface area (Å²) < 4.78 is 5.17. The van der Waals surface area contributed by atoms with E-state index in [1.165, 1.54) is 5.56 Å². The maximum absolute atomic E-state index is 11.4. The molecular weight excluding hydrogens is 356 g/mol. The number of carboxylic acid groups (broad SMARTS) is 1. The molecular formula is C21H22N4O3. The molecule has 144 valence electrons. The Labute approximate surface area is 163 Å². The van der Waals surface area contributed by atoms with Gasteiger partial charge in [0.25, 0.3) is 0 Å². The maximum Gasteiger partial charge on any atom is 0.337 e. The number of methoxy groups -OCH3 is 1. The molecule has 0 radical (unpaired) electrons. The second-order valence-corrected chi connectivity index (χ2v) is 6.19. The number of ether oxygens (including phenoxy) is 1. The Morgan fingerprint density at radius 2 is 1.79 bits per heavy atom. The molecule has 0 aliphatic rings. The third-order valence-electron chi connectivity index (χ3n) is 4.14. The van der Waals surface area contributed by atoms with Crippen molar-refractivity contribution in [3.8, 4) is 5.75 Å². The third-order valence-corrected chi connectivity index (χ3v) is 4.14. The van der Waals surface area contributed by atoms with E-state index in [1.807, 2.05) is 24.3 Å². The van der Waals surface area contributed by atoms with Crippen LogP contribution >= 0.6 is 0 Å². The van der Waals surface area contributed by atoms with Crippen molar-refractivity contribution in [2.24, 2.45) is 0 Å². The first-order valence-corrected chi connectivity index (χ1v) is 8.87. The summed E-state index contributed by atoms with van der Waals surface area (Å²) in [5.41, 5.74) is 1.86. The molecule has 0 aliphatic heterocycles. The fraction of sp³-hybridized carbons (Fsp3) is 0.190. The number of nitrogens with zero attached hydrogens (tertiary/aromatic N) is 2. The molecule has 0 spiro atoms. The number of carboxylic acids is 1. The van der Waals surface area contributed by atoms with Crippen LogP contribution in [0.4, 0.5) is 17.3 Å². The quantitative estimate of drug-likeness (QED) is 0.547. The van der Waals surface area contributed by atoms with Gasteiger partial charge in [0.2, 0.25) is 0 Å². The highest BCUT2D eigenvalue weighted by atomic mass is 16.5. The van der Waals surface area contributed by atoms with E-state index in [9.17, 15) is 9.90 Å². The van der Waals surface area contributed by atoms with Gasteiger partial charge >= 0.3 is 5.97 Å². The fourth-order valence-electron chi connectivity index (χ4n) is 2.77. The Morgan fingerprint density at radius 1 is 1.07 bits per heavy atom. The SMILES string of the molecule is COc1ccc(CCNc2cc(Nc3ccccc3C(=O)O)nc(C)n2)cc1. The van der Waals surface area contributed by atoms with Gasteiger partial charge in [0.05, 0.1) is 18.4 Å². The number of aromatic nitrogens is 2. The molecule has 1 aromatic heterocycles. The van der Waals surface area contributed by atoms with E-state index in [2.05, 4.69) is 20.6 Å². The summed E-state index contributed by atoms with van der Waals surface area (Å²) in [5, 5.41) is 15.7. The summed E-state index contributed by atoms with van der Waals surface area (Å²) in [6, 6.07) is 16.4. The number of carbonyl (C=O) groups is 1. The van der Waals surface area contributed by atoms with Gasteiger partial charge in [-0.3, -0.25) is 0 Å². The molecule has 0 bridgehead atoms. The zero-order chi connectivity index (χ0) is 19.9. The zero-order valence-corrected chi connectivity index (χ0v) is 15.8. The van der Waals surface area contributed by atoms with Crippen molar-refractivity contribution < 1.29 is 14.6 Å². The van der Waals surface area contributed by atoms with E-state index in [-0.39, 0.29) is 5.56 Å². The van der Waals surface area contributed by atoms with Gasteiger partial charge in [-0.15, -0.1) is 0 Å². The number of benzene rings is 2. The van der Waals surface area contributed by atoms with Crippen LogP contribution in [0.2, 0.25) is 0 Å². The molecule has 1 heterocycles. The van der Waals surface area contributed by atoms with Crippen LogP contribution in [-0.4, -0.2) is 34.7 Å². The van der Waals surface area contributed by atoms with Gasteiger partial charge in [-0.05, 0) is 43.2 Å². The zero-order valence-electron chi connectivity index (χ0n) is 15.8. The minimum atomic E-state index is -0.994. The molecule has 0 saturated carbocycles. The summed E-state index contributed by atoms with van der Waals surface area (Å²) in [6.45, 7) is 2.50. The van der Waals surface area contributed by atoms with Crippen molar-refractivity contribution in [2.45, 2.75) is 13.3 Å². The third kappa shape index (κ3) is 4.97. The topological polar surface area (TPSA) is 96.4 Å². The molecule has 0 amide bonds. The Hall–Kier alpha value is -3.61. The van der Waals surface area contributed by atoms with E-state index in [1.54, 1.807) is 44.4 Å². The lowest BCUT2D eigenvalue weighted by Crippen LogP contribution is -2.09. The molecule has 2 aromatic carbocycles. The molecule has 7 nitrogen and oxygen atoms in total. The number of rotatable bonds is 8. The molecule has 0 saturated heterocycles. The van der Waals surface area contributed by atoms with Crippen LogP contribution in [0.15, 0.2) is 54.6 Å². The predicted molar refractivity (Wildman–Crippen MR) is 109 cm³/mol. The molecule has 7 heteroatoms. The Morgan fingerprint density at radius 3 is 2.50 bits per heavy atom. The summed E-state index contributed by atoms with van der Waals surface area (Å²) in [4.78, 5) is 20.1. The number of aromatic carboxylic acids is 1. The second kappa shape index (κ2) is 8.85. The smallest absolute Gasteiger partial charge is 0.337 e. The van der Waals surface area contributed by atoms with Crippen molar-refractivity contribution in [1.29, 1.82) is 0 Å². The summed E-state index contributed by atoms with van der Waals surface area (Å²) in [5.74, 6) is 1.64. The van der Waals surface area contributed by atoms with Crippen molar-refractivity contribution in [3.63, 3.8) is 0 Å². The first-order chi connectivity index (χ1) is 13.5. The molecule has 0 atom stereocenters. The van der Waals surface area contributed by atoms with Gasteiger partial charge in [-0.25, -0.2) is 14.8 Å². The summed E-state index contributed by atoms with van der Waals surface area (Å²) in [7, 11) is 1.65. The van der Waals surface area contributed by atoms with Crippen molar-refractivity contribution in [2.75, 3.05) is 24.3 Å². The highest BCUT2D eigenvalue weighted by molar-refractivity contribution is 5.95. The number of aryl methyl sites for hydroxylation is 1. The monoisotopic (exact) mass is 378 g/mol. The van der Waals surface area contributed by atoms with Crippen LogP contribution in [0.5, 0.6) is 5.75 Å². The van der Waals surface area contributed by atoms with Crippen LogP contribution < -0.4 is 15.4 Å². The molecule has 3 aromatic rings. The minimum absolute atomic E-state index is 0.188. The lowest BCUT2D eigenvalue weighted by molar-refractivity contribution is 0.0698. The van der Waals surface area contributed by atoms with Crippen molar-refractivity contribution in [3.05, 3.63) is 71.5 Å². The van der Waals surface area contributed by atoms with Gasteiger partial charge in [0.15, 0.2) is 0 Å². The average molecular weight is 378 g/mol. The van der Waals surface area contributed by atoms with Gasteiger partial charge < -0.3 is 20.5 Å². The average Bonchev–Trinajstić information content (AvgIpc) is 2.68. The first-order valence-electron chi connectivity index (χ1n) is 8.87. The van der Waals surface area contributed by atoms with E-state index < -0.39 is 5.97 Å². The van der Waals surface area contributed by atoms with E-state index in [0.717, 1.165) is 12.2 Å². The molecule has 0 aliphatic carbocycles. The Balaban J connectivity index is 1.67. The number of para-hydroxylation sites is 1. The van der Waals surface area contributed by atoms with Crippen molar-refractivity contribution in [1.82, 2.24) is 9.97 Å². The Bertz CT molecular complexity index is 958. The van der Waals surface area contributed by atoms with E-state index in [4.69, 9.17) is 4.74 Å². The van der Waals surface area contributed by atoms with Crippen LogP contribution in [0.25, 0.3) is 0 Å². The number of anilines is 3. The molecule has 28 heavy (non-hydrogen) atoms. The van der Waals surface area contributed by atoms with Crippen molar-refractivity contribution >= 4 is 23.3 Å². The molecule has 3 N–H and O–H groups in total. The number of hydrogen-bond acceptors (Lipinski definition) is 6. The van der Waals surface area contributed by atoms with Crippen LogP contribution in [-0.2, 0) is 6.42 Å². The second-order valence-electron chi connectivity index (χ2n) is 6.19. The van der Waals surface area contributed by atoms with Gasteiger partial charge in [-0.2, -0.15) is 0 Å². The summed E-state index contributed by atoms with van der Waals surface area (Å²) >= 11 is 0. The molecule has 0 fully saturated rings. The molecule has 0 unspecified atom stereocenters. The highest BCUT2D eigenvalue weighted by Gasteiger charge is 2.10. The standard InChI is InChI=1S/C21H22N4O3/c1-14-23-19(22-12-11-15-7-9-16(28-2)10-8-15)13-20(24-14)25-18-6-4-3-5-17(18)21(26)27/h3-10,13H,11-12H2,1-2H3,(H,26,27)(H2,22,23,24,25). The van der Waals surface area contributed by atoms with Gasteiger partial charge in [-0.1, -0.05) is 24.3 Å². The number of hydrogen-bond donors (Lipinski definition) is 3. The summed E-state index contributed by atoms with van der Waals surface area (Å²) in [6.07, 6.45) is 0.831.